The van der Waals surface area contributed by atoms with Crippen LogP contribution < -0.4 is 4.90 Å². The third kappa shape index (κ3) is 4.20. The molecule has 1 heterocycles. The lowest BCUT2D eigenvalue weighted by molar-refractivity contribution is -0.389. The van der Waals surface area contributed by atoms with Crippen molar-refractivity contribution in [1.29, 1.82) is 0 Å². The highest BCUT2D eigenvalue weighted by atomic mass is 16.6. The molecule has 0 aliphatic heterocycles. The average molecular weight is 267 g/mol. The van der Waals surface area contributed by atoms with E-state index in [1.165, 1.54) is 12.3 Å². The lowest BCUT2D eigenvalue weighted by Gasteiger charge is -2.26. The summed E-state index contributed by atoms with van der Waals surface area (Å²) >= 11 is 0. The van der Waals surface area contributed by atoms with E-state index < -0.39 is 4.92 Å². The molecule has 0 amide bonds. The minimum Gasteiger partial charge on any atom is -0.465 e. The van der Waals surface area contributed by atoms with Crippen molar-refractivity contribution < 1.29 is 14.5 Å². The Morgan fingerprint density at radius 2 is 2.21 bits per heavy atom. The summed E-state index contributed by atoms with van der Waals surface area (Å²) in [7, 11) is 0. The topological polar surface area (TPSA) is 85.6 Å². The van der Waals surface area contributed by atoms with Gasteiger partial charge in [0.2, 0.25) is 0 Å². The van der Waals surface area contributed by atoms with Gasteiger partial charge >= 0.3 is 11.8 Å². The molecule has 1 aromatic heterocycles. The Balaban J connectivity index is 2.87. The van der Waals surface area contributed by atoms with E-state index in [9.17, 15) is 14.9 Å². The van der Waals surface area contributed by atoms with Gasteiger partial charge in [0.05, 0.1) is 12.3 Å². The van der Waals surface area contributed by atoms with Gasteiger partial charge in [-0.3, -0.25) is 4.79 Å². The molecule has 0 unspecified atom stereocenters. The number of carbonyl (C=O) groups excluding carboxylic acids is 1. The number of aromatic nitrogens is 1. The van der Waals surface area contributed by atoms with Crippen LogP contribution in [0.2, 0.25) is 0 Å². The summed E-state index contributed by atoms with van der Waals surface area (Å²) in [6, 6.07) is 2.94. The molecule has 0 aromatic carbocycles. The number of esters is 1. The lowest BCUT2D eigenvalue weighted by Crippen LogP contribution is -2.36. The fraction of sp³-hybridized carbons (Fsp3) is 0.500. The second kappa shape index (κ2) is 6.67. The molecule has 1 rings (SSSR count). The first kappa shape index (κ1) is 14.9. The van der Waals surface area contributed by atoms with Gasteiger partial charge in [-0.05, 0) is 36.7 Å². The van der Waals surface area contributed by atoms with Crippen LogP contribution in [0.1, 0.15) is 20.8 Å². The van der Waals surface area contributed by atoms with Gasteiger partial charge < -0.3 is 19.8 Å². The number of nitrogens with zero attached hydrogens (tertiary/aromatic N) is 3. The quantitative estimate of drug-likeness (QED) is 0.443. The number of hydrogen-bond acceptors (Lipinski definition) is 6. The number of ether oxygens (including phenoxy) is 1. The average Bonchev–Trinajstić information content (AvgIpc) is 2.36. The highest BCUT2D eigenvalue weighted by Gasteiger charge is 2.18. The van der Waals surface area contributed by atoms with Crippen LogP contribution in [0.3, 0.4) is 0 Å². The van der Waals surface area contributed by atoms with Crippen molar-refractivity contribution in [2.24, 2.45) is 0 Å². The first-order chi connectivity index (χ1) is 8.95. The smallest absolute Gasteiger partial charge is 0.363 e. The molecule has 0 bridgehead atoms. The van der Waals surface area contributed by atoms with E-state index in [-0.39, 0.29) is 24.4 Å². The van der Waals surface area contributed by atoms with Crippen molar-refractivity contribution in [2.45, 2.75) is 26.8 Å². The van der Waals surface area contributed by atoms with Crippen LogP contribution in [-0.4, -0.2) is 35.1 Å². The van der Waals surface area contributed by atoms with Crippen LogP contribution in [-0.2, 0) is 9.53 Å². The molecule has 0 aliphatic rings. The summed E-state index contributed by atoms with van der Waals surface area (Å²) in [5, 5.41) is 10.5. The highest BCUT2D eigenvalue weighted by molar-refractivity contribution is 5.76. The number of anilines is 1. The third-order valence-corrected chi connectivity index (χ3v) is 2.48. The van der Waals surface area contributed by atoms with Crippen molar-refractivity contribution in [1.82, 2.24) is 4.98 Å². The molecule has 104 valence electrons. The maximum atomic E-state index is 11.5. The molecular weight excluding hydrogens is 250 g/mol. The van der Waals surface area contributed by atoms with E-state index >= 15 is 0 Å². The van der Waals surface area contributed by atoms with Crippen molar-refractivity contribution in [2.75, 3.05) is 18.1 Å². The zero-order valence-electron chi connectivity index (χ0n) is 11.2. The molecule has 0 aliphatic carbocycles. The summed E-state index contributed by atoms with van der Waals surface area (Å²) in [4.78, 5) is 27.0. The Hall–Kier alpha value is -2.18. The predicted octanol–water partition coefficient (Wildman–Crippen LogP) is 1.77. The predicted molar refractivity (Wildman–Crippen MR) is 70.0 cm³/mol. The third-order valence-electron chi connectivity index (χ3n) is 2.48. The SMILES string of the molecule is CCOC(=O)CN(c1ccc([N+](=O)[O-])nc1)C(C)C. The second-order valence-electron chi connectivity index (χ2n) is 4.16. The van der Waals surface area contributed by atoms with Gasteiger partial charge in [0.25, 0.3) is 0 Å². The van der Waals surface area contributed by atoms with Gasteiger partial charge in [0.1, 0.15) is 6.54 Å². The Morgan fingerprint density at radius 3 is 2.63 bits per heavy atom. The molecule has 0 saturated heterocycles. The van der Waals surface area contributed by atoms with Crippen LogP contribution in [0.25, 0.3) is 0 Å². The van der Waals surface area contributed by atoms with Gasteiger partial charge in [-0.25, -0.2) is 0 Å². The molecular formula is C12H17N3O4. The Morgan fingerprint density at radius 1 is 1.53 bits per heavy atom. The van der Waals surface area contributed by atoms with E-state index in [4.69, 9.17) is 4.74 Å². The molecule has 0 radical (unpaired) electrons. The largest absolute Gasteiger partial charge is 0.465 e. The minimum absolute atomic E-state index is 0.0488. The van der Waals surface area contributed by atoms with Crippen LogP contribution in [0.15, 0.2) is 18.3 Å². The number of hydrogen-bond donors (Lipinski definition) is 0. The number of pyridine rings is 1. The van der Waals surface area contributed by atoms with Gasteiger partial charge in [-0.1, -0.05) is 0 Å². The Bertz CT molecular complexity index is 445. The maximum Gasteiger partial charge on any atom is 0.363 e. The fourth-order valence-corrected chi connectivity index (χ4v) is 1.57. The summed E-state index contributed by atoms with van der Waals surface area (Å²) in [6.45, 7) is 5.99. The van der Waals surface area contributed by atoms with E-state index in [1.807, 2.05) is 13.8 Å². The van der Waals surface area contributed by atoms with Crippen molar-refractivity contribution in [3.05, 3.63) is 28.4 Å². The van der Waals surface area contributed by atoms with E-state index in [0.717, 1.165) is 0 Å². The van der Waals surface area contributed by atoms with Crippen molar-refractivity contribution >= 4 is 17.5 Å². The monoisotopic (exact) mass is 267 g/mol. The van der Waals surface area contributed by atoms with Crippen LogP contribution in [0, 0.1) is 10.1 Å². The Kier molecular flexibility index (Phi) is 5.23. The molecule has 19 heavy (non-hydrogen) atoms. The summed E-state index contributed by atoms with van der Waals surface area (Å²) in [6.07, 6.45) is 1.39. The maximum absolute atomic E-state index is 11.5. The minimum atomic E-state index is -0.561. The van der Waals surface area contributed by atoms with E-state index in [1.54, 1.807) is 17.9 Å². The van der Waals surface area contributed by atoms with Crippen molar-refractivity contribution in [3.63, 3.8) is 0 Å². The van der Waals surface area contributed by atoms with Crippen LogP contribution in [0.4, 0.5) is 11.5 Å². The molecule has 0 atom stereocenters. The van der Waals surface area contributed by atoms with Gasteiger partial charge in [0.15, 0.2) is 6.20 Å². The second-order valence-corrected chi connectivity index (χ2v) is 4.16. The number of rotatable bonds is 6. The first-order valence-electron chi connectivity index (χ1n) is 5.98. The molecule has 0 N–H and O–H groups in total. The molecule has 1 aromatic rings. The van der Waals surface area contributed by atoms with E-state index in [2.05, 4.69) is 4.98 Å². The first-order valence-corrected chi connectivity index (χ1v) is 5.98. The highest BCUT2D eigenvalue weighted by Crippen LogP contribution is 2.18. The zero-order valence-corrected chi connectivity index (χ0v) is 11.2. The van der Waals surface area contributed by atoms with Gasteiger partial charge in [-0.15, -0.1) is 0 Å². The molecule has 7 heteroatoms. The summed E-state index contributed by atoms with van der Waals surface area (Å²) < 4.78 is 4.90. The molecule has 0 fully saturated rings. The normalized spacial score (nSPS) is 10.3. The summed E-state index contributed by atoms with van der Waals surface area (Å²) in [5.74, 6) is -0.557. The fourth-order valence-electron chi connectivity index (χ4n) is 1.57. The standard InChI is InChI=1S/C12H17N3O4/c1-4-19-12(16)8-14(9(2)3)10-5-6-11(13-7-10)15(17)18/h5-7,9H,4,8H2,1-3H3. The summed E-state index contributed by atoms with van der Waals surface area (Å²) in [5.41, 5.74) is 0.647. The van der Waals surface area contributed by atoms with Crippen LogP contribution in [0.5, 0.6) is 0 Å². The molecule has 0 spiro atoms. The lowest BCUT2D eigenvalue weighted by atomic mass is 10.2. The van der Waals surface area contributed by atoms with Crippen molar-refractivity contribution in [3.8, 4) is 0 Å². The van der Waals surface area contributed by atoms with Crippen LogP contribution >= 0.6 is 0 Å². The Labute approximate surface area is 111 Å². The number of carbonyl (C=O) groups is 1. The zero-order chi connectivity index (χ0) is 14.4. The molecule has 0 saturated carbocycles. The van der Waals surface area contributed by atoms with Gasteiger partial charge in [0, 0.05) is 12.1 Å². The van der Waals surface area contributed by atoms with E-state index in [0.29, 0.717) is 12.3 Å². The molecule has 7 nitrogen and oxygen atoms in total. The number of nitro groups is 1. The van der Waals surface area contributed by atoms with Gasteiger partial charge in [-0.2, -0.15) is 0 Å².